The Labute approximate surface area is 73.0 Å². The van der Waals surface area contributed by atoms with Crippen molar-refractivity contribution in [2.24, 2.45) is 0 Å². The summed E-state index contributed by atoms with van der Waals surface area (Å²) in [5.74, 6) is 0. The fourth-order valence-corrected chi connectivity index (χ4v) is 1.65. The predicted molar refractivity (Wildman–Crippen MR) is 50.1 cm³/mol. The summed E-state index contributed by atoms with van der Waals surface area (Å²) in [6.45, 7) is 0. The first-order valence-corrected chi connectivity index (χ1v) is 3.74. The Hall–Kier alpha value is -0.690. The second-order valence-electron chi connectivity index (χ2n) is 2.84. The average molecular weight is 170 g/mol. The van der Waals surface area contributed by atoms with Crippen molar-refractivity contribution in [1.82, 2.24) is 0 Å². The number of benzene rings is 1. The van der Waals surface area contributed by atoms with Crippen molar-refractivity contribution in [3.63, 3.8) is 0 Å². The highest BCUT2D eigenvalue weighted by Gasteiger charge is 2.11. The maximum absolute atomic E-state index is 5.77. The summed E-state index contributed by atoms with van der Waals surface area (Å²) in [5.41, 5.74) is 9.60. The molecule has 2 rings (SSSR count). The molecule has 1 nitrogen and oxygen atoms in total. The molecule has 0 radical (unpaired) electrons. The lowest BCUT2D eigenvalue weighted by atomic mass is 10.1. The van der Waals surface area contributed by atoms with Crippen molar-refractivity contribution in [2.45, 2.75) is 19.3 Å². The van der Waals surface area contributed by atoms with E-state index in [9.17, 15) is 0 Å². The molecule has 60 valence electrons. The summed E-state index contributed by atoms with van der Waals surface area (Å²) in [4.78, 5) is 0. The van der Waals surface area contributed by atoms with Crippen molar-refractivity contribution in [3.05, 3.63) is 29.3 Å². The maximum atomic E-state index is 5.77. The molecule has 0 heterocycles. The fraction of sp³-hybridized carbons (Fsp3) is 0.333. The first-order chi connectivity index (χ1) is 4.88. The zero-order valence-electron chi connectivity index (χ0n) is 6.34. The van der Waals surface area contributed by atoms with Crippen LogP contribution in [-0.4, -0.2) is 0 Å². The van der Waals surface area contributed by atoms with Crippen LogP contribution in [0.1, 0.15) is 17.5 Å². The van der Waals surface area contributed by atoms with Crippen LogP contribution >= 0.6 is 12.4 Å². The topological polar surface area (TPSA) is 26.0 Å². The molecule has 1 aromatic carbocycles. The van der Waals surface area contributed by atoms with Crippen LogP contribution in [0.2, 0.25) is 0 Å². The summed E-state index contributed by atoms with van der Waals surface area (Å²) in [7, 11) is 0. The quantitative estimate of drug-likeness (QED) is 0.592. The average Bonchev–Trinajstić information content (AvgIpc) is 2.36. The Balaban J connectivity index is 0.000000605. The van der Waals surface area contributed by atoms with E-state index < -0.39 is 0 Å². The van der Waals surface area contributed by atoms with Crippen LogP contribution in [-0.2, 0) is 12.8 Å². The SMILES string of the molecule is Cl.Nc1cccc2c1CCC2. The van der Waals surface area contributed by atoms with E-state index in [2.05, 4.69) is 6.07 Å². The molecule has 0 aliphatic heterocycles. The lowest BCUT2D eigenvalue weighted by molar-refractivity contribution is 0.912. The van der Waals surface area contributed by atoms with Gasteiger partial charge in [0.2, 0.25) is 0 Å². The first-order valence-electron chi connectivity index (χ1n) is 3.74. The number of aryl methyl sites for hydroxylation is 1. The highest BCUT2D eigenvalue weighted by molar-refractivity contribution is 5.85. The second kappa shape index (κ2) is 3.14. The standard InChI is InChI=1S/C9H11N.ClH/c10-9-6-2-4-7-3-1-5-8(7)9;/h2,4,6H,1,3,5,10H2;1H. The third-order valence-electron chi connectivity index (χ3n) is 2.18. The van der Waals surface area contributed by atoms with Crippen molar-refractivity contribution in [2.75, 3.05) is 5.73 Å². The highest BCUT2D eigenvalue weighted by Crippen LogP contribution is 2.26. The molecule has 1 aliphatic rings. The third-order valence-corrected chi connectivity index (χ3v) is 2.18. The predicted octanol–water partition coefficient (Wildman–Crippen LogP) is 2.18. The molecule has 0 saturated carbocycles. The van der Waals surface area contributed by atoms with E-state index in [1.807, 2.05) is 12.1 Å². The van der Waals surface area contributed by atoms with E-state index in [-0.39, 0.29) is 12.4 Å². The molecule has 0 bridgehead atoms. The largest absolute Gasteiger partial charge is 0.398 e. The van der Waals surface area contributed by atoms with Crippen molar-refractivity contribution < 1.29 is 0 Å². The molecular weight excluding hydrogens is 158 g/mol. The van der Waals surface area contributed by atoms with Crippen LogP contribution in [0.4, 0.5) is 5.69 Å². The molecule has 0 spiro atoms. The number of rotatable bonds is 0. The number of halogens is 1. The van der Waals surface area contributed by atoms with Crippen LogP contribution in [0, 0.1) is 0 Å². The molecule has 11 heavy (non-hydrogen) atoms. The lowest BCUT2D eigenvalue weighted by Gasteiger charge is -2.00. The number of nitrogen functional groups attached to an aromatic ring is 1. The van der Waals surface area contributed by atoms with E-state index in [4.69, 9.17) is 5.73 Å². The van der Waals surface area contributed by atoms with E-state index in [0.717, 1.165) is 5.69 Å². The van der Waals surface area contributed by atoms with E-state index in [1.54, 1.807) is 0 Å². The normalized spacial score (nSPS) is 13.8. The summed E-state index contributed by atoms with van der Waals surface area (Å²) >= 11 is 0. The Morgan fingerprint density at radius 3 is 2.73 bits per heavy atom. The van der Waals surface area contributed by atoms with Crippen molar-refractivity contribution in [3.8, 4) is 0 Å². The maximum Gasteiger partial charge on any atom is 0.0349 e. The summed E-state index contributed by atoms with van der Waals surface area (Å²) in [5, 5.41) is 0. The molecule has 1 aliphatic carbocycles. The van der Waals surface area contributed by atoms with Gasteiger partial charge in [0.15, 0.2) is 0 Å². The molecule has 0 fully saturated rings. The van der Waals surface area contributed by atoms with Crippen LogP contribution in [0.25, 0.3) is 0 Å². The van der Waals surface area contributed by atoms with Gasteiger partial charge in [-0.05, 0) is 36.5 Å². The van der Waals surface area contributed by atoms with E-state index >= 15 is 0 Å². The molecule has 1 aromatic rings. The summed E-state index contributed by atoms with van der Waals surface area (Å²) < 4.78 is 0. The van der Waals surface area contributed by atoms with Crippen molar-refractivity contribution >= 4 is 18.1 Å². The minimum Gasteiger partial charge on any atom is -0.398 e. The number of hydrogen-bond donors (Lipinski definition) is 1. The van der Waals surface area contributed by atoms with E-state index in [1.165, 1.54) is 30.4 Å². The molecule has 2 heteroatoms. The molecule has 2 N–H and O–H groups in total. The highest BCUT2D eigenvalue weighted by atomic mass is 35.5. The van der Waals surface area contributed by atoms with Crippen LogP contribution in [0.15, 0.2) is 18.2 Å². The third kappa shape index (κ3) is 1.33. The van der Waals surface area contributed by atoms with Gasteiger partial charge in [-0.2, -0.15) is 0 Å². The van der Waals surface area contributed by atoms with Gasteiger partial charge in [0, 0.05) is 5.69 Å². The van der Waals surface area contributed by atoms with Gasteiger partial charge in [0.05, 0.1) is 0 Å². The van der Waals surface area contributed by atoms with Gasteiger partial charge in [-0.25, -0.2) is 0 Å². The van der Waals surface area contributed by atoms with Gasteiger partial charge in [-0.3, -0.25) is 0 Å². The molecule has 0 aromatic heterocycles. The Bertz CT molecular complexity index is 258. The van der Waals surface area contributed by atoms with Gasteiger partial charge in [-0.1, -0.05) is 12.1 Å². The molecule has 0 unspecified atom stereocenters. The molecule has 0 amide bonds. The molecule has 0 atom stereocenters. The number of nitrogens with two attached hydrogens (primary N) is 1. The fourth-order valence-electron chi connectivity index (χ4n) is 1.65. The van der Waals surface area contributed by atoms with Gasteiger partial charge in [-0.15, -0.1) is 12.4 Å². The van der Waals surface area contributed by atoms with Gasteiger partial charge in [0.25, 0.3) is 0 Å². The monoisotopic (exact) mass is 169 g/mol. The molecule has 0 saturated heterocycles. The van der Waals surface area contributed by atoms with Crippen LogP contribution in [0.5, 0.6) is 0 Å². The van der Waals surface area contributed by atoms with Gasteiger partial charge in [0.1, 0.15) is 0 Å². The van der Waals surface area contributed by atoms with Crippen molar-refractivity contribution in [1.29, 1.82) is 0 Å². The zero-order valence-corrected chi connectivity index (χ0v) is 7.16. The summed E-state index contributed by atoms with van der Waals surface area (Å²) in [6, 6.07) is 6.21. The van der Waals surface area contributed by atoms with Crippen LogP contribution < -0.4 is 5.73 Å². The number of hydrogen-bond acceptors (Lipinski definition) is 1. The second-order valence-corrected chi connectivity index (χ2v) is 2.84. The van der Waals surface area contributed by atoms with Crippen LogP contribution in [0.3, 0.4) is 0 Å². The lowest BCUT2D eigenvalue weighted by Crippen LogP contribution is -1.91. The zero-order chi connectivity index (χ0) is 6.97. The van der Waals surface area contributed by atoms with E-state index in [0.29, 0.717) is 0 Å². The number of fused-ring (bicyclic) bond motifs is 1. The Morgan fingerprint density at radius 1 is 1.18 bits per heavy atom. The smallest absolute Gasteiger partial charge is 0.0349 e. The Kier molecular flexibility index (Phi) is 2.40. The first kappa shape index (κ1) is 8.41. The number of anilines is 1. The molecular formula is C9H12ClN. The minimum atomic E-state index is 0. The minimum absolute atomic E-state index is 0. The summed E-state index contributed by atoms with van der Waals surface area (Å²) in [6.07, 6.45) is 3.69. The van der Waals surface area contributed by atoms with Gasteiger partial charge < -0.3 is 5.73 Å². The van der Waals surface area contributed by atoms with Gasteiger partial charge >= 0.3 is 0 Å². The Morgan fingerprint density at radius 2 is 2.00 bits per heavy atom.